The maximum Gasteiger partial charge on any atom is 0.268 e. The quantitative estimate of drug-likeness (QED) is 0.631. The number of carbonyl (C=O) groups excluding carboxylic acids is 1. The molecular formula is C20H21N3O. The van der Waals surface area contributed by atoms with E-state index in [0.29, 0.717) is 6.04 Å². The highest BCUT2D eigenvalue weighted by molar-refractivity contribution is 6.10. The summed E-state index contributed by atoms with van der Waals surface area (Å²) < 4.78 is 2.31. The van der Waals surface area contributed by atoms with E-state index < -0.39 is 0 Å². The smallest absolute Gasteiger partial charge is 0.268 e. The Morgan fingerprint density at radius 3 is 2.54 bits per heavy atom. The van der Waals surface area contributed by atoms with Gasteiger partial charge in [-0.05, 0) is 56.5 Å². The lowest BCUT2D eigenvalue weighted by molar-refractivity contribution is -0.114. The Balaban J connectivity index is 1.91. The summed E-state index contributed by atoms with van der Waals surface area (Å²) in [5.41, 5.74) is 4.18. The fraction of sp³-hybridized carbons (Fsp3) is 0.300. The number of carbonyl (C=O) groups is 1. The number of aromatic nitrogens is 1. The van der Waals surface area contributed by atoms with E-state index in [-0.39, 0.29) is 11.5 Å². The minimum atomic E-state index is -0.292. The minimum absolute atomic E-state index is 0.150. The second-order valence-electron chi connectivity index (χ2n) is 6.30. The molecule has 4 heteroatoms. The van der Waals surface area contributed by atoms with Gasteiger partial charge in [0.1, 0.15) is 11.6 Å². The molecule has 1 aromatic heterocycles. The van der Waals surface area contributed by atoms with Gasteiger partial charge in [-0.25, -0.2) is 0 Å². The van der Waals surface area contributed by atoms with Crippen LogP contribution in [0.1, 0.15) is 35.8 Å². The van der Waals surface area contributed by atoms with E-state index >= 15 is 0 Å². The number of hydrogen-bond donors (Lipinski definition) is 0. The standard InChI is InChI=1S/C20H21N3O/c1-14-11-16(15(2)23(14)19-9-10-19)12-17(13-21)20(24)22(3)18-7-5-4-6-8-18/h4-8,11-12,19H,9-10H2,1-3H3/b17-12+. The van der Waals surface area contributed by atoms with Crippen molar-refractivity contribution in [3.63, 3.8) is 0 Å². The van der Waals surface area contributed by atoms with Crippen molar-refractivity contribution in [3.05, 3.63) is 58.9 Å². The zero-order valence-electron chi connectivity index (χ0n) is 14.3. The van der Waals surface area contributed by atoms with Gasteiger partial charge in [0.25, 0.3) is 5.91 Å². The molecule has 4 nitrogen and oxygen atoms in total. The molecule has 0 atom stereocenters. The number of rotatable bonds is 4. The van der Waals surface area contributed by atoms with Crippen molar-refractivity contribution in [1.29, 1.82) is 5.26 Å². The first-order valence-electron chi connectivity index (χ1n) is 8.16. The van der Waals surface area contributed by atoms with Crippen LogP contribution in [-0.2, 0) is 4.79 Å². The van der Waals surface area contributed by atoms with Gasteiger partial charge in [-0.2, -0.15) is 5.26 Å². The first-order valence-corrected chi connectivity index (χ1v) is 8.16. The molecule has 1 aliphatic carbocycles. The maximum absolute atomic E-state index is 12.7. The van der Waals surface area contributed by atoms with E-state index in [1.54, 1.807) is 13.1 Å². The van der Waals surface area contributed by atoms with Crippen LogP contribution in [0.15, 0.2) is 42.0 Å². The highest BCUT2D eigenvalue weighted by atomic mass is 16.2. The lowest BCUT2D eigenvalue weighted by Gasteiger charge is -2.16. The average molecular weight is 319 g/mol. The normalized spacial score (nSPS) is 14.3. The number of aryl methyl sites for hydroxylation is 1. The topological polar surface area (TPSA) is 49.0 Å². The molecule has 3 rings (SSSR count). The molecule has 0 saturated heterocycles. The molecule has 122 valence electrons. The van der Waals surface area contributed by atoms with Crippen molar-refractivity contribution in [3.8, 4) is 6.07 Å². The zero-order valence-corrected chi connectivity index (χ0v) is 14.3. The SMILES string of the molecule is Cc1cc(/C=C(\C#N)C(=O)N(C)c2ccccc2)c(C)n1C1CC1. The molecule has 0 aliphatic heterocycles. The number of hydrogen-bond acceptors (Lipinski definition) is 2. The molecule has 1 saturated carbocycles. The summed E-state index contributed by atoms with van der Waals surface area (Å²) in [4.78, 5) is 14.2. The van der Waals surface area contributed by atoms with Gasteiger partial charge in [-0.1, -0.05) is 18.2 Å². The molecule has 0 radical (unpaired) electrons. The van der Waals surface area contributed by atoms with Gasteiger partial charge < -0.3 is 9.47 Å². The van der Waals surface area contributed by atoms with Crippen LogP contribution in [0.3, 0.4) is 0 Å². The minimum Gasteiger partial charge on any atom is -0.346 e. The number of anilines is 1. The fourth-order valence-electron chi connectivity index (χ4n) is 3.09. The van der Waals surface area contributed by atoms with E-state index in [2.05, 4.69) is 30.6 Å². The highest BCUT2D eigenvalue weighted by Crippen LogP contribution is 2.38. The van der Waals surface area contributed by atoms with Gasteiger partial charge in [0.2, 0.25) is 0 Å². The van der Waals surface area contributed by atoms with Crippen LogP contribution in [0.2, 0.25) is 0 Å². The predicted molar refractivity (Wildman–Crippen MR) is 95.6 cm³/mol. The number of likely N-dealkylation sites (N-methyl/N-ethyl adjacent to an activating group) is 1. The first kappa shape index (κ1) is 16.1. The molecule has 0 bridgehead atoms. The Labute approximate surface area is 142 Å². The summed E-state index contributed by atoms with van der Waals surface area (Å²) in [6.45, 7) is 4.13. The molecule has 0 N–H and O–H groups in total. The molecule has 0 spiro atoms. The van der Waals surface area contributed by atoms with Crippen LogP contribution in [0, 0.1) is 25.2 Å². The summed E-state index contributed by atoms with van der Waals surface area (Å²) in [7, 11) is 1.69. The van der Waals surface area contributed by atoms with E-state index in [1.165, 1.54) is 23.4 Å². The number of para-hydroxylation sites is 1. The summed E-state index contributed by atoms with van der Waals surface area (Å²) in [5.74, 6) is -0.292. The van der Waals surface area contributed by atoms with E-state index in [9.17, 15) is 10.1 Å². The van der Waals surface area contributed by atoms with E-state index in [1.807, 2.05) is 30.3 Å². The van der Waals surface area contributed by atoms with Crippen LogP contribution in [0.25, 0.3) is 6.08 Å². The summed E-state index contributed by atoms with van der Waals surface area (Å²) in [5, 5.41) is 9.47. The molecule has 24 heavy (non-hydrogen) atoms. The first-order chi connectivity index (χ1) is 11.5. The van der Waals surface area contributed by atoms with Gasteiger partial charge in [0.05, 0.1) is 0 Å². The van der Waals surface area contributed by atoms with E-state index in [4.69, 9.17) is 0 Å². The molecule has 1 fully saturated rings. The fourth-order valence-corrected chi connectivity index (χ4v) is 3.09. The Kier molecular flexibility index (Phi) is 4.26. The van der Waals surface area contributed by atoms with Crippen LogP contribution in [0.5, 0.6) is 0 Å². The molecule has 2 aromatic rings. The van der Waals surface area contributed by atoms with Crippen molar-refractivity contribution in [2.45, 2.75) is 32.7 Å². The van der Waals surface area contributed by atoms with Gasteiger partial charge in [0.15, 0.2) is 0 Å². The van der Waals surface area contributed by atoms with Gasteiger partial charge >= 0.3 is 0 Å². The summed E-state index contributed by atoms with van der Waals surface area (Å²) >= 11 is 0. The van der Waals surface area contributed by atoms with Crippen LogP contribution in [0.4, 0.5) is 5.69 Å². The zero-order chi connectivity index (χ0) is 17.3. The van der Waals surface area contributed by atoms with Crippen LogP contribution >= 0.6 is 0 Å². The van der Waals surface area contributed by atoms with Gasteiger partial charge in [0, 0.05) is 30.2 Å². The number of nitrogens with zero attached hydrogens (tertiary/aromatic N) is 3. The molecule has 1 aromatic carbocycles. The average Bonchev–Trinajstić information content (AvgIpc) is 3.38. The number of nitriles is 1. The second kappa shape index (κ2) is 6.37. The molecule has 1 heterocycles. The molecule has 1 amide bonds. The Bertz CT molecular complexity index is 836. The Morgan fingerprint density at radius 1 is 1.29 bits per heavy atom. The second-order valence-corrected chi connectivity index (χ2v) is 6.30. The molecule has 1 aliphatic rings. The van der Waals surface area contributed by atoms with Crippen LogP contribution < -0.4 is 4.90 Å². The maximum atomic E-state index is 12.7. The molecule has 0 unspecified atom stereocenters. The largest absolute Gasteiger partial charge is 0.346 e. The third-order valence-electron chi connectivity index (χ3n) is 4.53. The van der Waals surface area contributed by atoms with Crippen molar-refractivity contribution in [1.82, 2.24) is 4.57 Å². The van der Waals surface area contributed by atoms with E-state index in [0.717, 1.165) is 16.9 Å². The predicted octanol–water partition coefficient (Wildman–Crippen LogP) is 4.01. The monoisotopic (exact) mass is 319 g/mol. The Hall–Kier alpha value is -2.80. The Morgan fingerprint density at radius 2 is 1.96 bits per heavy atom. The van der Waals surface area contributed by atoms with Gasteiger partial charge in [-0.15, -0.1) is 0 Å². The van der Waals surface area contributed by atoms with Crippen LogP contribution in [-0.4, -0.2) is 17.5 Å². The van der Waals surface area contributed by atoms with Crippen molar-refractivity contribution >= 4 is 17.7 Å². The molecular weight excluding hydrogens is 298 g/mol. The third kappa shape index (κ3) is 2.98. The summed E-state index contributed by atoms with van der Waals surface area (Å²) in [6.07, 6.45) is 4.13. The van der Waals surface area contributed by atoms with Crippen molar-refractivity contribution in [2.75, 3.05) is 11.9 Å². The number of amides is 1. The lowest BCUT2D eigenvalue weighted by atomic mass is 10.1. The highest BCUT2D eigenvalue weighted by Gasteiger charge is 2.27. The third-order valence-corrected chi connectivity index (χ3v) is 4.53. The van der Waals surface area contributed by atoms with Crippen molar-refractivity contribution < 1.29 is 4.79 Å². The van der Waals surface area contributed by atoms with Crippen molar-refractivity contribution in [2.24, 2.45) is 0 Å². The van der Waals surface area contributed by atoms with Gasteiger partial charge in [-0.3, -0.25) is 4.79 Å². The number of benzene rings is 1. The lowest BCUT2D eigenvalue weighted by Crippen LogP contribution is -2.27. The summed E-state index contributed by atoms with van der Waals surface area (Å²) in [6, 6.07) is 14.1.